The third-order valence-corrected chi connectivity index (χ3v) is 4.70. The Bertz CT molecular complexity index is 724. The highest BCUT2D eigenvalue weighted by molar-refractivity contribution is 8.15. The van der Waals surface area contributed by atoms with Crippen molar-refractivity contribution >= 4 is 28.5 Å². The average molecular weight is 326 g/mol. The number of amides is 1. The molecule has 2 aromatic rings. The Morgan fingerprint density at radius 2 is 1.83 bits per heavy atom. The van der Waals surface area contributed by atoms with Crippen molar-refractivity contribution < 1.29 is 9.53 Å². The fourth-order valence-electron chi connectivity index (χ4n) is 2.30. The molecule has 1 atom stereocenters. The van der Waals surface area contributed by atoms with Crippen molar-refractivity contribution in [3.05, 3.63) is 59.7 Å². The lowest BCUT2D eigenvalue weighted by Gasteiger charge is -2.06. The number of ether oxygens (including phenoxy) is 1. The molecular weight excluding hydrogens is 308 g/mol. The number of aryl methyl sites for hydroxylation is 1. The topological polar surface area (TPSA) is 50.7 Å². The lowest BCUT2D eigenvalue weighted by atomic mass is 10.1. The molecule has 0 saturated carbocycles. The van der Waals surface area contributed by atoms with Crippen LogP contribution in [0.4, 0.5) is 5.69 Å². The zero-order valence-electron chi connectivity index (χ0n) is 13.1. The first-order valence-corrected chi connectivity index (χ1v) is 8.28. The maximum atomic E-state index is 12.1. The number of rotatable bonds is 4. The van der Waals surface area contributed by atoms with Gasteiger partial charge in [-0.25, -0.2) is 4.99 Å². The number of benzene rings is 2. The molecule has 0 spiro atoms. The minimum atomic E-state index is -0.146. The van der Waals surface area contributed by atoms with Gasteiger partial charge in [-0.1, -0.05) is 41.6 Å². The van der Waals surface area contributed by atoms with Crippen LogP contribution in [-0.2, 0) is 11.2 Å². The molecule has 1 aliphatic rings. The second kappa shape index (κ2) is 6.87. The summed E-state index contributed by atoms with van der Waals surface area (Å²) in [4.78, 5) is 16.6. The highest BCUT2D eigenvalue weighted by Crippen LogP contribution is 2.26. The van der Waals surface area contributed by atoms with Crippen molar-refractivity contribution in [3.63, 3.8) is 0 Å². The van der Waals surface area contributed by atoms with Crippen LogP contribution in [-0.4, -0.2) is 23.4 Å². The highest BCUT2D eigenvalue weighted by Gasteiger charge is 2.30. The Balaban J connectivity index is 1.68. The van der Waals surface area contributed by atoms with Gasteiger partial charge in [-0.05, 0) is 43.2 Å². The van der Waals surface area contributed by atoms with Crippen LogP contribution in [0, 0.1) is 6.92 Å². The van der Waals surface area contributed by atoms with E-state index < -0.39 is 0 Å². The van der Waals surface area contributed by atoms with Crippen LogP contribution in [0.1, 0.15) is 11.1 Å². The van der Waals surface area contributed by atoms with Gasteiger partial charge in [-0.15, -0.1) is 0 Å². The molecular formula is C18H18N2O2S. The number of hydrogen-bond acceptors (Lipinski definition) is 4. The smallest absolute Gasteiger partial charge is 0.239 e. The summed E-state index contributed by atoms with van der Waals surface area (Å²) >= 11 is 1.48. The Hall–Kier alpha value is -2.27. The third kappa shape index (κ3) is 3.93. The van der Waals surface area contributed by atoms with E-state index in [9.17, 15) is 4.79 Å². The highest BCUT2D eigenvalue weighted by atomic mass is 32.2. The summed E-state index contributed by atoms with van der Waals surface area (Å²) in [6.07, 6.45) is 0.674. The number of hydrogen-bond donors (Lipinski definition) is 1. The molecule has 0 radical (unpaired) electrons. The van der Waals surface area contributed by atoms with E-state index in [1.807, 2.05) is 55.5 Å². The number of amidine groups is 1. The SMILES string of the molecule is COc1ccc(C[C@@H]2SC(=Nc3ccc(C)cc3)NC2=O)cc1. The molecule has 1 aliphatic heterocycles. The third-order valence-electron chi connectivity index (χ3n) is 3.62. The van der Waals surface area contributed by atoms with Crippen molar-refractivity contribution in [1.29, 1.82) is 0 Å². The molecule has 1 amide bonds. The van der Waals surface area contributed by atoms with E-state index in [4.69, 9.17) is 4.74 Å². The molecule has 0 unspecified atom stereocenters. The summed E-state index contributed by atoms with van der Waals surface area (Å²) in [7, 11) is 1.64. The molecule has 23 heavy (non-hydrogen) atoms. The first-order valence-electron chi connectivity index (χ1n) is 7.40. The Kier molecular flexibility index (Phi) is 4.67. The summed E-state index contributed by atoms with van der Waals surface area (Å²) in [5, 5.41) is 3.38. The number of carbonyl (C=O) groups excluding carboxylic acids is 1. The van der Waals surface area contributed by atoms with E-state index in [-0.39, 0.29) is 11.2 Å². The number of methoxy groups -OCH3 is 1. The van der Waals surface area contributed by atoms with Crippen molar-refractivity contribution in [2.45, 2.75) is 18.6 Å². The van der Waals surface area contributed by atoms with Gasteiger partial charge in [-0.3, -0.25) is 4.79 Å². The van der Waals surface area contributed by atoms with E-state index in [0.717, 1.165) is 17.0 Å². The van der Waals surface area contributed by atoms with Crippen LogP contribution in [0.2, 0.25) is 0 Å². The fourth-order valence-corrected chi connectivity index (χ4v) is 3.33. The van der Waals surface area contributed by atoms with E-state index in [0.29, 0.717) is 11.6 Å². The average Bonchev–Trinajstić information content (AvgIpc) is 2.90. The monoisotopic (exact) mass is 326 g/mol. The first-order chi connectivity index (χ1) is 11.1. The molecule has 1 heterocycles. The molecule has 0 bridgehead atoms. The van der Waals surface area contributed by atoms with Gasteiger partial charge in [0.2, 0.25) is 5.91 Å². The van der Waals surface area contributed by atoms with Gasteiger partial charge in [0.1, 0.15) is 5.75 Å². The van der Waals surface area contributed by atoms with E-state index in [1.54, 1.807) is 7.11 Å². The Morgan fingerprint density at radius 3 is 2.48 bits per heavy atom. The maximum absolute atomic E-state index is 12.1. The van der Waals surface area contributed by atoms with E-state index in [2.05, 4.69) is 10.3 Å². The zero-order valence-corrected chi connectivity index (χ0v) is 13.9. The fraction of sp³-hybridized carbons (Fsp3) is 0.222. The normalized spacial score (nSPS) is 19.0. The standard InChI is InChI=1S/C18H18N2O2S/c1-12-3-7-14(8-4-12)19-18-20-17(21)16(23-18)11-13-5-9-15(22-2)10-6-13/h3-10,16H,11H2,1-2H3,(H,19,20,21)/t16-/m0/s1. The van der Waals surface area contributed by atoms with E-state index in [1.165, 1.54) is 17.3 Å². The first kappa shape index (κ1) is 15.6. The molecule has 5 heteroatoms. The molecule has 4 nitrogen and oxygen atoms in total. The summed E-state index contributed by atoms with van der Waals surface area (Å²) < 4.78 is 5.15. The Labute approximate surface area is 140 Å². The van der Waals surface area contributed by atoms with Gasteiger partial charge in [-0.2, -0.15) is 0 Å². The maximum Gasteiger partial charge on any atom is 0.239 e. The summed E-state index contributed by atoms with van der Waals surface area (Å²) in [6.45, 7) is 2.04. The molecule has 0 aliphatic carbocycles. The van der Waals surface area contributed by atoms with Crippen LogP contribution in [0.3, 0.4) is 0 Å². The number of aliphatic imine (C=N–C) groups is 1. The quantitative estimate of drug-likeness (QED) is 0.936. The largest absolute Gasteiger partial charge is 0.497 e. The van der Waals surface area contributed by atoms with Crippen molar-refractivity contribution in [1.82, 2.24) is 5.32 Å². The predicted molar refractivity (Wildman–Crippen MR) is 94.5 cm³/mol. The number of carbonyl (C=O) groups is 1. The second-order valence-electron chi connectivity index (χ2n) is 5.40. The number of nitrogens with one attached hydrogen (secondary N) is 1. The molecule has 0 aromatic heterocycles. The Morgan fingerprint density at radius 1 is 1.13 bits per heavy atom. The van der Waals surface area contributed by atoms with Crippen LogP contribution in [0.25, 0.3) is 0 Å². The van der Waals surface area contributed by atoms with Gasteiger partial charge in [0.05, 0.1) is 18.0 Å². The molecule has 1 fully saturated rings. The van der Waals surface area contributed by atoms with Crippen molar-refractivity contribution in [3.8, 4) is 5.75 Å². The minimum Gasteiger partial charge on any atom is -0.497 e. The molecule has 3 rings (SSSR count). The predicted octanol–water partition coefficient (Wildman–Crippen LogP) is 3.47. The van der Waals surface area contributed by atoms with Gasteiger partial charge in [0.15, 0.2) is 5.17 Å². The van der Waals surface area contributed by atoms with Crippen molar-refractivity contribution in [2.24, 2.45) is 4.99 Å². The van der Waals surface area contributed by atoms with Gasteiger partial charge < -0.3 is 10.1 Å². The minimum absolute atomic E-state index is 0.0108. The molecule has 118 valence electrons. The van der Waals surface area contributed by atoms with Crippen molar-refractivity contribution in [2.75, 3.05) is 7.11 Å². The van der Waals surface area contributed by atoms with Crippen LogP contribution in [0.5, 0.6) is 5.75 Å². The van der Waals surface area contributed by atoms with Crippen LogP contribution in [0.15, 0.2) is 53.5 Å². The van der Waals surface area contributed by atoms with Gasteiger partial charge in [0.25, 0.3) is 0 Å². The number of thioether (sulfide) groups is 1. The zero-order chi connectivity index (χ0) is 16.2. The molecule has 2 aromatic carbocycles. The number of nitrogens with zero attached hydrogens (tertiary/aromatic N) is 1. The summed E-state index contributed by atoms with van der Waals surface area (Å²) in [5.74, 6) is 0.829. The summed E-state index contributed by atoms with van der Waals surface area (Å²) in [5.41, 5.74) is 3.15. The summed E-state index contributed by atoms with van der Waals surface area (Å²) in [6, 6.07) is 15.7. The lowest BCUT2D eigenvalue weighted by molar-refractivity contribution is -0.118. The second-order valence-corrected chi connectivity index (χ2v) is 6.59. The van der Waals surface area contributed by atoms with Crippen LogP contribution >= 0.6 is 11.8 Å². The molecule has 1 N–H and O–H groups in total. The van der Waals surface area contributed by atoms with Gasteiger partial charge >= 0.3 is 0 Å². The van der Waals surface area contributed by atoms with E-state index >= 15 is 0 Å². The lowest BCUT2D eigenvalue weighted by Crippen LogP contribution is -2.25. The molecule has 1 saturated heterocycles. The van der Waals surface area contributed by atoms with Crippen LogP contribution < -0.4 is 10.1 Å². The van der Waals surface area contributed by atoms with Gasteiger partial charge in [0, 0.05) is 0 Å².